The van der Waals surface area contributed by atoms with E-state index in [1.54, 1.807) is 0 Å². The van der Waals surface area contributed by atoms with E-state index in [0.717, 1.165) is 24.3 Å². The zero-order valence-corrected chi connectivity index (χ0v) is 19.9. The molecule has 2 aromatic rings. The fourth-order valence-electron chi connectivity index (χ4n) is 6.18. The molecule has 0 radical (unpaired) electrons. The molecule has 0 bridgehead atoms. The molecule has 0 aromatic heterocycles. The zero-order chi connectivity index (χ0) is 21.2. The topological polar surface area (TPSA) is 21.6 Å². The monoisotopic (exact) mass is 433 g/mol. The molecule has 2 nitrogen and oxygen atoms in total. The molecule has 0 amide bonds. The van der Waals surface area contributed by atoms with Crippen LogP contribution in [0.1, 0.15) is 52.4 Å². The number of hydrogen-bond donors (Lipinski definition) is 0. The average molecular weight is 434 g/mol. The van der Waals surface area contributed by atoms with E-state index < -0.39 is 7.92 Å². The van der Waals surface area contributed by atoms with Gasteiger partial charge in [0, 0.05) is 11.6 Å². The first kappa shape index (κ1) is 21.2. The molecule has 31 heavy (non-hydrogen) atoms. The van der Waals surface area contributed by atoms with Gasteiger partial charge >= 0.3 is 0 Å². The second-order valence-corrected chi connectivity index (χ2v) is 12.4. The molecule has 2 saturated carbocycles. The molecule has 0 N–H and O–H groups in total. The first-order valence-electron chi connectivity index (χ1n) is 12.3. The van der Waals surface area contributed by atoms with Gasteiger partial charge in [0.15, 0.2) is 5.90 Å². The summed E-state index contributed by atoms with van der Waals surface area (Å²) in [4.78, 5) is 5.16. The van der Waals surface area contributed by atoms with Crippen LogP contribution in [0.4, 0.5) is 0 Å². The Bertz CT molecular complexity index is 835. The number of ether oxygens (including phenoxy) is 1. The Morgan fingerprint density at radius 1 is 0.839 bits per heavy atom. The third-order valence-electron chi connectivity index (χ3n) is 7.82. The van der Waals surface area contributed by atoms with E-state index in [1.807, 2.05) is 0 Å². The Morgan fingerprint density at radius 3 is 2.00 bits per heavy atom. The van der Waals surface area contributed by atoms with Gasteiger partial charge in [-0.05, 0) is 49.1 Å². The van der Waals surface area contributed by atoms with Crippen molar-refractivity contribution in [3.8, 4) is 0 Å². The minimum atomic E-state index is -0.453. The van der Waals surface area contributed by atoms with E-state index in [-0.39, 0.29) is 0 Å². The molecule has 0 saturated heterocycles. The van der Waals surface area contributed by atoms with Crippen molar-refractivity contribution in [3.63, 3.8) is 0 Å². The number of hydrogen-bond acceptors (Lipinski definition) is 2. The van der Waals surface area contributed by atoms with E-state index in [4.69, 9.17) is 9.73 Å². The molecule has 164 valence electrons. The van der Waals surface area contributed by atoms with Gasteiger partial charge in [0.2, 0.25) is 0 Å². The maximum Gasteiger partial charge on any atom is 0.187 e. The predicted octanol–water partition coefficient (Wildman–Crippen LogP) is 6.16. The summed E-state index contributed by atoms with van der Waals surface area (Å²) in [5, 5.41) is 3.03. The third-order valence-corrected chi connectivity index (χ3v) is 10.9. The Labute approximate surface area is 189 Å². The molecular formula is C28H36NOP. The van der Waals surface area contributed by atoms with Crippen molar-refractivity contribution in [3.05, 3.63) is 60.7 Å². The lowest BCUT2D eigenvalue weighted by Gasteiger charge is -2.36. The molecule has 1 heterocycles. The predicted molar refractivity (Wildman–Crippen MR) is 133 cm³/mol. The molecule has 4 atom stereocenters. The normalized spacial score (nSPS) is 29.0. The standard InChI is InChI=1S/C28H36NOP/c1-20(2)26-19-30-28(29-26)25-18-17-24(21-11-9-10-12-21)27(25)31(22-13-5-3-6-14-22)23-15-7-4-8-16-23/h3-8,13-16,20-21,24-27H,9-12,17-19H2,1-2H3/t24?,25?,26-,27+/m1/s1. The van der Waals surface area contributed by atoms with Crippen LogP contribution in [-0.4, -0.2) is 24.2 Å². The van der Waals surface area contributed by atoms with Crippen molar-refractivity contribution in [2.75, 3.05) is 6.61 Å². The molecule has 1 aliphatic heterocycles. The number of aliphatic imine (C=N–C) groups is 1. The maximum atomic E-state index is 6.33. The van der Waals surface area contributed by atoms with Gasteiger partial charge in [-0.1, -0.05) is 100 Å². The summed E-state index contributed by atoms with van der Waals surface area (Å²) in [6, 6.07) is 23.0. The quantitative estimate of drug-likeness (QED) is 0.500. The number of rotatable bonds is 6. The smallest absolute Gasteiger partial charge is 0.187 e. The van der Waals surface area contributed by atoms with Gasteiger partial charge in [0.1, 0.15) is 6.61 Å². The van der Waals surface area contributed by atoms with Crippen LogP contribution in [0.25, 0.3) is 0 Å². The van der Waals surface area contributed by atoms with Crippen molar-refractivity contribution < 1.29 is 4.74 Å². The van der Waals surface area contributed by atoms with Crippen LogP contribution >= 0.6 is 7.92 Å². The summed E-state index contributed by atoms with van der Waals surface area (Å²) in [6.07, 6.45) is 8.26. The van der Waals surface area contributed by atoms with Crippen molar-refractivity contribution in [1.29, 1.82) is 0 Å². The lowest BCUT2D eigenvalue weighted by Crippen LogP contribution is -2.35. The number of benzene rings is 2. The summed E-state index contributed by atoms with van der Waals surface area (Å²) in [5.41, 5.74) is 0.632. The molecule has 2 aromatic carbocycles. The number of nitrogens with zero attached hydrogens (tertiary/aromatic N) is 1. The second-order valence-electron chi connectivity index (χ2n) is 10.0. The van der Waals surface area contributed by atoms with Gasteiger partial charge in [0.25, 0.3) is 0 Å². The fraction of sp³-hybridized carbons (Fsp3) is 0.536. The van der Waals surface area contributed by atoms with E-state index >= 15 is 0 Å². The summed E-state index contributed by atoms with van der Waals surface area (Å²) in [7, 11) is -0.453. The molecule has 0 spiro atoms. The summed E-state index contributed by atoms with van der Waals surface area (Å²) in [5.74, 6) is 3.79. The SMILES string of the molecule is CC(C)[C@H]1COC(C2CCC(C3CCCC3)[C@@H]2P(c2ccccc2)c2ccccc2)=N1. The van der Waals surface area contributed by atoms with Gasteiger partial charge < -0.3 is 4.74 Å². The first-order valence-corrected chi connectivity index (χ1v) is 13.7. The minimum absolute atomic E-state index is 0.334. The Kier molecular flexibility index (Phi) is 6.46. The lowest BCUT2D eigenvalue weighted by atomic mass is 9.88. The highest BCUT2D eigenvalue weighted by Gasteiger charge is 2.49. The van der Waals surface area contributed by atoms with Crippen LogP contribution < -0.4 is 10.6 Å². The van der Waals surface area contributed by atoms with Crippen molar-refractivity contribution >= 4 is 24.4 Å². The van der Waals surface area contributed by atoms with Gasteiger partial charge in [-0.25, -0.2) is 4.99 Å². The Hall–Kier alpha value is -1.66. The molecule has 2 aliphatic carbocycles. The van der Waals surface area contributed by atoms with E-state index in [1.165, 1.54) is 49.1 Å². The van der Waals surface area contributed by atoms with E-state index in [2.05, 4.69) is 74.5 Å². The maximum absolute atomic E-state index is 6.33. The van der Waals surface area contributed by atoms with Crippen molar-refractivity contribution in [2.45, 2.75) is 64.1 Å². The average Bonchev–Trinajstić information content (AvgIpc) is 3.56. The first-order chi connectivity index (χ1) is 15.2. The molecule has 2 unspecified atom stereocenters. The lowest BCUT2D eigenvalue weighted by molar-refractivity contribution is 0.274. The Morgan fingerprint density at radius 2 is 1.45 bits per heavy atom. The summed E-state index contributed by atoms with van der Waals surface area (Å²) >= 11 is 0. The molecule has 3 heteroatoms. The van der Waals surface area contributed by atoms with E-state index in [9.17, 15) is 0 Å². The Balaban J connectivity index is 1.57. The third kappa shape index (κ3) is 4.34. The summed E-state index contributed by atoms with van der Waals surface area (Å²) in [6.45, 7) is 5.32. The second kappa shape index (κ2) is 9.45. The van der Waals surface area contributed by atoms with E-state index in [0.29, 0.717) is 23.5 Å². The van der Waals surface area contributed by atoms with Crippen LogP contribution in [0.3, 0.4) is 0 Å². The van der Waals surface area contributed by atoms with Crippen molar-refractivity contribution in [2.24, 2.45) is 28.7 Å². The molecule has 2 fully saturated rings. The molecule has 5 rings (SSSR count). The van der Waals surface area contributed by atoms with Crippen LogP contribution in [0, 0.1) is 23.7 Å². The van der Waals surface area contributed by atoms with Crippen molar-refractivity contribution in [1.82, 2.24) is 0 Å². The molecule has 3 aliphatic rings. The zero-order valence-electron chi connectivity index (χ0n) is 19.0. The minimum Gasteiger partial charge on any atom is -0.478 e. The van der Waals surface area contributed by atoms with Gasteiger partial charge in [-0.2, -0.15) is 0 Å². The summed E-state index contributed by atoms with van der Waals surface area (Å²) < 4.78 is 6.33. The largest absolute Gasteiger partial charge is 0.478 e. The van der Waals surface area contributed by atoms with Gasteiger partial charge in [0.05, 0.1) is 6.04 Å². The highest BCUT2D eigenvalue weighted by atomic mass is 31.1. The van der Waals surface area contributed by atoms with Crippen LogP contribution in [0.2, 0.25) is 0 Å². The van der Waals surface area contributed by atoms with Gasteiger partial charge in [-0.3, -0.25) is 0 Å². The van der Waals surface area contributed by atoms with Crippen LogP contribution in [0.5, 0.6) is 0 Å². The fourth-order valence-corrected chi connectivity index (χ4v) is 9.56. The molecular weight excluding hydrogens is 397 g/mol. The highest BCUT2D eigenvalue weighted by Crippen LogP contribution is 2.57. The van der Waals surface area contributed by atoms with Crippen LogP contribution in [-0.2, 0) is 4.74 Å². The highest BCUT2D eigenvalue weighted by molar-refractivity contribution is 7.73. The van der Waals surface area contributed by atoms with Gasteiger partial charge in [-0.15, -0.1) is 0 Å². The van der Waals surface area contributed by atoms with Crippen LogP contribution in [0.15, 0.2) is 65.7 Å².